The van der Waals surface area contributed by atoms with E-state index in [1.165, 1.54) is 0 Å². The van der Waals surface area contributed by atoms with Crippen molar-refractivity contribution < 1.29 is 4.79 Å². The van der Waals surface area contributed by atoms with Gasteiger partial charge in [-0.1, -0.05) is 12.1 Å². The van der Waals surface area contributed by atoms with E-state index < -0.39 is 0 Å². The molecule has 1 saturated heterocycles. The predicted octanol–water partition coefficient (Wildman–Crippen LogP) is 2.70. The van der Waals surface area contributed by atoms with Crippen LogP contribution < -0.4 is 5.32 Å². The number of aromatic nitrogens is 3. The van der Waals surface area contributed by atoms with Crippen LogP contribution in [-0.2, 0) is 4.79 Å². The van der Waals surface area contributed by atoms with Gasteiger partial charge in [-0.2, -0.15) is 0 Å². The Bertz CT molecular complexity index is 820. The lowest BCUT2D eigenvalue weighted by molar-refractivity contribution is -0.127. The quantitative estimate of drug-likeness (QED) is 0.793. The molecule has 27 heavy (non-hydrogen) atoms. The molecule has 142 valence electrons. The van der Waals surface area contributed by atoms with Gasteiger partial charge in [0.15, 0.2) is 5.82 Å². The maximum atomic E-state index is 12.7. The van der Waals surface area contributed by atoms with Gasteiger partial charge in [-0.3, -0.25) is 9.78 Å². The molecule has 0 saturated carbocycles. The molecule has 0 spiro atoms. The van der Waals surface area contributed by atoms with Crippen molar-refractivity contribution >= 4 is 17.5 Å². The van der Waals surface area contributed by atoms with Gasteiger partial charge in [0, 0.05) is 37.8 Å². The summed E-state index contributed by atoms with van der Waals surface area (Å²) in [6, 6.07) is 3.81. The van der Waals surface area contributed by atoms with Crippen LogP contribution in [0.3, 0.4) is 0 Å². The Morgan fingerprint density at radius 1 is 1.26 bits per heavy atom. The number of amides is 1. The number of hydrogen-bond acceptors (Lipinski definition) is 6. The summed E-state index contributed by atoms with van der Waals surface area (Å²) < 4.78 is 0. The van der Waals surface area contributed by atoms with Crippen LogP contribution in [0.25, 0.3) is 0 Å². The second-order valence-electron chi connectivity index (χ2n) is 6.94. The minimum Gasteiger partial charge on any atom is -0.330 e. The van der Waals surface area contributed by atoms with Gasteiger partial charge in [0.25, 0.3) is 0 Å². The van der Waals surface area contributed by atoms with Crippen molar-refractivity contribution in [1.29, 1.82) is 0 Å². The molecule has 1 fully saturated rings. The van der Waals surface area contributed by atoms with Crippen molar-refractivity contribution in [1.82, 2.24) is 24.8 Å². The first kappa shape index (κ1) is 19.0. The molecule has 3 rings (SSSR count). The highest BCUT2D eigenvalue weighted by Gasteiger charge is 2.32. The second kappa shape index (κ2) is 8.73. The van der Waals surface area contributed by atoms with E-state index in [1.54, 1.807) is 24.7 Å². The number of rotatable bonds is 6. The molecule has 1 atom stereocenters. The number of aryl methyl sites for hydroxylation is 1. The smallest absolute Gasteiger partial charge is 0.246 e. The van der Waals surface area contributed by atoms with Crippen LogP contribution in [0.1, 0.15) is 30.1 Å². The molecule has 0 aromatic carbocycles. The van der Waals surface area contributed by atoms with Gasteiger partial charge in [-0.25, -0.2) is 9.97 Å². The minimum atomic E-state index is -0.0817. The molecule has 0 radical (unpaired) electrons. The first-order chi connectivity index (χ1) is 13.1. The van der Waals surface area contributed by atoms with Crippen LogP contribution in [-0.4, -0.2) is 57.8 Å². The van der Waals surface area contributed by atoms with E-state index in [2.05, 4.69) is 20.3 Å². The molecule has 0 bridgehead atoms. The lowest BCUT2D eigenvalue weighted by atomic mass is 10.1. The van der Waals surface area contributed by atoms with E-state index in [4.69, 9.17) is 0 Å². The maximum Gasteiger partial charge on any atom is 0.246 e. The van der Waals surface area contributed by atoms with Crippen LogP contribution in [0, 0.1) is 6.92 Å². The number of anilines is 2. The number of hydrogen-bond donors (Lipinski definition) is 1. The summed E-state index contributed by atoms with van der Waals surface area (Å²) >= 11 is 0. The number of likely N-dealkylation sites (tertiary alicyclic amines) is 1. The third-order valence-corrected chi connectivity index (χ3v) is 4.56. The second-order valence-corrected chi connectivity index (χ2v) is 6.94. The van der Waals surface area contributed by atoms with Crippen molar-refractivity contribution in [3.05, 3.63) is 54.1 Å². The lowest BCUT2D eigenvalue weighted by Gasteiger charge is -2.24. The fourth-order valence-corrected chi connectivity index (χ4v) is 3.19. The van der Waals surface area contributed by atoms with Gasteiger partial charge >= 0.3 is 0 Å². The summed E-state index contributed by atoms with van der Waals surface area (Å²) in [5.74, 6) is 1.42. The summed E-state index contributed by atoms with van der Waals surface area (Å²) in [4.78, 5) is 30.0. The standard InChI is InChI=1S/C20H26N6O/c1-15-7-4-10-22-19(15)24-20-18(21-11-12-23-20)16-8-5-14-26(16)17(27)9-6-13-25(2)3/h4,6-7,9-12,16H,5,8,13-14H2,1-3H3,(H,22,23,24)/b9-6+/t16-/m0/s1. The average Bonchev–Trinajstić information content (AvgIpc) is 3.13. The molecule has 1 aliphatic rings. The zero-order valence-corrected chi connectivity index (χ0v) is 16.1. The number of nitrogens with one attached hydrogen (secondary N) is 1. The zero-order valence-electron chi connectivity index (χ0n) is 16.1. The van der Waals surface area contributed by atoms with Gasteiger partial charge in [0.05, 0.1) is 6.04 Å². The predicted molar refractivity (Wildman–Crippen MR) is 106 cm³/mol. The van der Waals surface area contributed by atoms with E-state index >= 15 is 0 Å². The Morgan fingerprint density at radius 3 is 2.81 bits per heavy atom. The molecular weight excluding hydrogens is 340 g/mol. The molecule has 2 aromatic rings. The molecule has 1 aliphatic heterocycles. The van der Waals surface area contributed by atoms with Crippen LogP contribution in [0.4, 0.5) is 11.6 Å². The largest absolute Gasteiger partial charge is 0.330 e. The van der Waals surface area contributed by atoms with Crippen LogP contribution in [0.15, 0.2) is 42.9 Å². The molecular formula is C20H26N6O. The van der Waals surface area contributed by atoms with E-state index in [-0.39, 0.29) is 11.9 Å². The number of pyridine rings is 1. The molecule has 2 aromatic heterocycles. The fourth-order valence-electron chi connectivity index (χ4n) is 3.19. The number of nitrogens with zero attached hydrogens (tertiary/aromatic N) is 5. The Morgan fingerprint density at radius 2 is 2.04 bits per heavy atom. The Kier molecular flexibility index (Phi) is 6.13. The van der Waals surface area contributed by atoms with E-state index in [0.29, 0.717) is 5.82 Å². The van der Waals surface area contributed by atoms with Gasteiger partial charge in [-0.15, -0.1) is 0 Å². The molecule has 3 heterocycles. The van der Waals surface area contributed by atoms with Crippen molar-refractivity contribution in [2.75, 3.05) is 32.5 Å². The average molecular weight is 366 g/mol. The van der Waals surface area contributed by atoms with Crippen LogP contribution >= 0.6 is 0 Å². The van der Waals surface area contributed by atoms with Crippen LogP contribution in [0.5, 0.6) is 0 Å². The highest BCUT2D eigenvalue weighted by Crippen LogP contribution is 2.34. The molecule has 7 nitrogen and oxygen atoms in total. The fraction of sp³-hybridized carbons (Fsp3) is 0.400. The Balaban J connectivity index is 1.82. The van der Waals surface area contributed by atoms with Gasteiger partial charge < -0.3 is 15.1 Å². The van der Waals surface area contributed by atoms with Gasteiger partial charge in [-0.05, 0) is 45.5 Å². The Labute approximate surface area is 160 Å². The first-order valence-corrected chi connectivity index (χ1v) is 9.17. The molecule has 1 amide bonds. The van der Waals surface area contributed by atoms with Crippen molar-refractivity contribution in [3.8, 4) is 0 Å². The summed E-state index contributed by atoms with van der Waals surface area (Å²) in [6.45, 7) is 3.46. The number of carbonyl (C=O) groups is 1. The van der Waals surface area contributed by atoms with Crippen molar-refractivity contribution in [2.45, 2.75) is 25.8 Å². The molecule has 0 aliphatic carbocycles. The molecule has 1 N–H and O–H groups in total. The Hall–Kier alpha value is -2.80. The monoisotopic (exact) mass is 366 g/mol. The van der Waals surface area contributed by atoms with Crippen molar-refractivity contribution in [2.24, 2.45) is 0 Å². The molecule has 7 heteroatoms. The van der Waals surface area contributed by atoms with E-state index in [9.17, 15) is 4.79 Å². The first-order valence-electron chi connectivity index (χ1n) is 9.17. The SMILES string of the molecule is Cc1cccnc1Nc1nccnc1[C@@H]1CCCN1C(=O)/C=C/CN(C)C. The summed E-state index contributed by atoms with van der Waals surface area (Å²) in [6.07, 6.45) is 10.5. The third-order valence-electron chi connectivity index (χ3n) is 4.56. The third kappa shape index (κ3) is 4.68. The summed E-state index contributed by atoms with van der Waals surface area (Å²) in [7, 11) is 3.95. The van der Waals surface area contributed by atoms with E-state index in [1.807, 2.05) is 49.0 Å². The zero-order chi connectivity index (χ0) is 19.2. The van der Waals surface area contributed by atoms with E-state index in [0.717, 1.165) is 43.0 Å². The normalized spacial score (nSPS) is 17.0. The number of carbonyl (C=O) groups excluding carboxylic acids is 1. The number of likely N-dealkylation sites (N-methyl/N-ethyl adjacent to an activating group) is 1. The maximum absolute atomic E-state index is 12.7. The molecule has 0 unspecified atom stereocenters. The van der Waals surface area contributed by atoms with Crippen molar-refractivity contribution in [3.63, 3.8) is 0 Å². The van der Waals surface area contributed by atoms with Crippen LogP contribution in [0.2, 0.25) is 0 Å². The van der Waals surface area contributed by atoms with Gasteiger partial charge in [0.2, 0.25) is 5.91 Å². The topological polar surface area (TPSA) is 74.2 Å². The van der Waals surface area contributed by atoms with Gasteiger partial charge in [0.1, 0.15) is 11.5 Å². The lowest BCUT2D eigenvalue weighted by Crippen LogP contribution is -2.30. The highest BCUT2D eigenvalue weighted by molar-refractivity contribution is 5.88. The summed E-state index contributed by atoms with van der Waals surface area (Å²) in [5, 5.41) is 3.29. The summed E-state index contributed by atoms with van der Waals surface area (Å²) in [5.41, 5.74) is 1.81. The highest BCUT2D eigenvalue weighted by atomic mass is 16.2. The minimum absolute atomic E-state index is 0.0185.